The van der Waals surface area contributed by atoms with Gasteiger partial charge in [0, 0.05) is 25.7 Å². The molecule has 1 N–H and O–H groups in total. The van der Waals surface area contributed by atoms with Gasteiger partial charge in [-0.05, 0) is 32.9 Å². The van der Waals surface area contributed by atoms with E-state index in [9.17, 15) is 4.79 Å². The molecule has 2 fully saturated rings. The molecule has 15 heavy (non-hydrogen) atoms. The monoisotopic (exact) mass is 211 g/mol. The molecule has 0 saturated carbocycles. The van der Waals surface area contributed by atoms with E-state index in [2.05, 4.69) is 17.3 Å². The predicted molar refractivity (Wildman–Crippen MR) is 59.7 cm³/mol. The van der Waals surface area contributed by atoms with Gasteiger partial charge < -0.3 is 10.2 Å². The number of likely N-dealkylation sites (tertiary alicyclic amines) is 1. The number of likely N-dealkylation sites (N-methyl/N-ethyl adjacent to an activating group) is 1. The van der Waals surface area contributed by atoms with Crippen molar-refractivity contribution in [3.05, 3.63) is 0 Å². The highest BCUT2D eigenvalue weighted by molar-refractivity contribution is 5.78. The summed E-state index contributed by atoms with van der Waals surface area (Å²) in [4.78, 5) is 15.9. The lowest BCUT2D eigenvalue weighted by atomic mass is 10.1. The van der Waals surface area contributed by atoms with Crippen LogP contribution < -0.4 is 5.32 Å². The van der Waals surface area contributed by atoms with Crippen molar-refractivity contribution in [1.29, 1.82) is 0 Å². The lowest BCUT2D eigenvalue weighted by Gasteiger charge is -2.35. The topological polar surface area (TPSA) is 35.6 Å². The molecule has 0 spiro atoms. The standard InChI is InChI=1S/C11H21N3O/c1-13(10-4-2-5-12-8-10)9-11(15)14-6-3-7-14/h10,12H,2-9H2,1H3. The molecule has 2 rings (SSSR count). The molecule has 4 heteroatoms. The van der Waals surface area contributed by atoms with Crippen LogP contribution in [0.5, 0.6) is 0 Å². The Kier molecular flexibility index (Phi) is 3.59. The molecule has 0 aromatic carbocycles. The molecule has 0 aromatic heterocycles. The fourth-order valence-corrected chi connectivity index (χ4v) is 2.22. The van der Waals surface area contributed by atoms with Crippen molar-refractivity contribution >= 4 is 5.91 Å². The van der Waals surface area contributed by atoms with Crippen LogP contribution in [0.4, 0.5) is 0 Å². The fraction of sp³-hybridized carbons (Fsp3) is 0.909. The first-order valence-electron chi connectivity index (χ1n) is 5.96. The molecule has 1 amide bonds. The molecule has 4 nitrogen and oxygen atoms in total. The van der Waals surface area contributed by atoms with Crippen molar-refractivity contribution in [2.75, 3.05) is 39.8 Å². The van der Waals surface area contributed by atoms with Gasteiger partial charge in [0.1, 0.15) is 0 Å². The maximum Gasteiger partial charge on any atom is 0.236 e. The van der Waals surface area contributed by atoms with Crippen LogP contribution in [0.2, 0.25) is 0 Å². The fourth-order valence-electron chi connectivity index (χ4n) is 2.22. The van der Waals surface area contributed by atoms with Gasteiger partial charge in [0.25, 0.3) is 0 Å². The number of carbonyl (C=O) groups is 1. The summed E-state index contributed by atoms with van der Waals surface area (Å²) in [6.07, 6.45) is 3.63. The molecular weight excluding hydrogens is 190 g/mol. The average molecular weight is 211 g/mol. The van der Waals surface area contributed by atoms with Gasteiger partial charge in [0.05, 0.1) is 6.54 Å². The van der Waals surface area contributed by atoms with Crippen LogP contribution >= 0.6 is 0 Å². The number of piperidine rings is 1. The molecule has 1 atom stereocenters. The molecule has 2 aliphatic rings. The smallest absolute Gasteiger partial charge is 0.236 e. The molecule has 86 valence electrons. The highest BCUT2D eigenvalue weighted by Gasteiger charge is 2.24. The zero-order valence-corrected chi connectivity index (χ0v) is 9.54. The molecule has 0 aromatic rings. The van der Waals surface area contributed by atoms with Gasteiger partial charge in [0.2, 0.25) is 5.91 Å². The van der Waals surface area contributed by atoms with E-state index in [-0.39, 0.29) is 0 Å². The zero-order chi connectivity index (χ0) is 10.7. The largest absolute Gasteiger partial charge is 0.341 e. The number of rotatable bonds is 3. The van der Waals surface area contributed by atoms with E-state index in [1.165, 1.54) is 19.3 Å². The van der Waals surface area contributed by atoms with Crippen LogP contribution in [0, 0.1) is 0 Å². The van der Waals surface area contributed by atoms with Gasteiger partial charge >= 0.3 is 0 Å². The Morgan fingerprint density at radius 2 is 2.27 bits per heavy atom. The molecule has 0 bridgehead atoms. The van der Waals surface area contributed by atoms with Crippen LogP contribution in [0.15, 0.2) is 0 Å². The van der Waals surface area contributed by atoms with Gasteiger partial charge in [-0.1, -0.05) is 0 Å². The summed E-state index contributed by atoms with van der Waals surface area (Å²) in [6.45, 7) is 4.69. The minimum Gasteiger partial charge on any atom is -0.341 e. The quantitative estimate of drug-likeness (QED) is 0.708. The third-order valence-electron chi connectivity index (χ3n) is 3.49. The van der Waals surface area contributed by atoms with E-state index < -0.39 is 0 Å². The maximum absolute atomic E-state index is 11.7. The van der Waals surface area contributed by atoms with Crippen molar-refractivity contribution in [1.82, 2.24) is 15.1 Å². The Balaban J connectivity index is 1.74. The van der Waals surface area contributed by atoms with E-state index in [0.29, 0.717) is 18.5 Å². The molecule has 2 aliphatic heterocycles. The second-order valence-electron chi connectivity index (χ2n) is 4.65. The van der Waals surface area contributed by atoms with E-state index in [0.717, 1.165) is 26.2 Å². The van der Waals surface area contributed by atoms with Gasteiger partial charge in [-0.15, -0.1) is 0 Å². The van der Waals surface area contributed by atoms with E-state index in [1.807, 2.05) is 4.90 Å². The van der Waals surface area contributed by atoms with Gasteiger partial charge in [-0.3, -0.25) is 9.69 Å². The summed E-state index contributed by atoms with van der Waals surface area (Å²) in [5, 5.41) is 3.38. The Hall–Kier alpha value is -0.610. The van der Waals surface area contributed by atoms with Crippen molar-refractivity contribution < 1.29 is 4.79 Å². The summed E-state index contributed by atoms with van der Waals surface area (Å²) in [6, 6.07) is 0.545. The Labute approximate surface area is 91.6 Å². The maximum atomic E-state index is 11.7. The second-order valence-corrected chi connectivity index (χ2v) is 4.65. The predicted octanol–water partition coefficient (Wildman–Crippen LogP) is -0.0975. The minimum atomic E-state index is 0.300. The minimum absolute atomic E-state index is 0.300. The van der Waals surface area contributed by atoms with Gasteiger partial charge in [-0.25, -0.2) is 0 Å². The van der Waals surface area contributed by atoms with E-state index in [1.54, 1.807) is 0 Å². The molecule has 2 heterocycles. The Morgan fingerprint density at radius 3 is 2.80 bits per heavy atom. The van der Waals surface area contributed by atoms with Crippen LogP contribution in [0.1, 0.15) is 19.3 Å². The lowest BCUT2D eigenvalue weighted by Crippen LogP contribution is -2.51. The number of hydrogen-bond donors (Lipinski definition) is 1. The first-order valence-corrected chi connectivity index (χ1v) is 5.96. The summed E-state index contributed by atoms with van der Waals surface area (Å²) >= 11 is 0. The first kappa shape index (κ1) is 10.9. The Bertz CT molecular complexity index is 222. The molecule has 2 saturated heterocycles. The number of nitrogens with one attached hydrogen (secondary N) is 1. The third kappa shape index (κ3) is 2.69. The first-order chi connectivity index (χ1) is 7.27. The number of amides is 1. The van der Waals surface area contributed by atoms with Gasteiger partial charge in [0.15, 0.2) is 0 Å². The number of nitrogens with zero attached hydrogens (tertiary/aromatic N) is 2. The van der Waals surface area contributed by atoms with Crippen molar-refractivity contribution in [3.8, 4) is 0 Å². The van der Waals surface area contributed by atoms with Crippen LogP contribution in [0.25, 0.3) is 0 Å². The van der Waals surface area contributed by atoms with Crippen LogP contribution in [-0.2, 0) is 4.79 Å². The van der Waals surface area contributed by atoms with Crippen LogP contribution in [-0.4, -0.2) is 61.5 Å². The van der Waals surface area contributed by atoms with Crippen molar-refractivity contribution in [3.63, 3.8) is 0 Å². The summed E-state index contributed by atoms with van der Waals surface area (Å²) in [5.41, 5.74) is 0. The van der Waals surface area contributed by atoms with E-state index >= 15 is 0 Å². The summed E-state index contributed by atoms with van der Waals surface area (Å²) in [5.74, 6) is 0.300. The molecule has 0 aliphatic carbocycles. The summed E-state index contributed by atoms with van der Waals surface area (Å²) < 4.78 is 0. The van der Waals surface area contributed by atoms with Crippen LogP contribution in [0.3, 0.4) is 0 Å². The molecular formula is C11H21N3O. The van der Waals surface area contributed by atoms with E-state index in [4.69, 9.17) is 0 Å². The third-order valence-corrected chi connectivity index (χ3v) is 3.49. The average Bonchev–Trinajstić information content (AvgIpc) is 2.16. The van der Waals surface area contributed by atoms with Crippen molar-refractivity contribution in [2.45, 2.75) is 25.3 Å². The SMILES string of the molecule is CN(CC(=O)N1CCC1)C1CCCNC1. The molecule has 1 unspecified atom stereocenters. The Morgan fingerprint density at radius 1 is 1.47 bits per heavy atom. The highest BCUT2D eigenvalue weighted by Crippen LogP contribution is 2.11. The highest BCUT2D eigenvalue weighted by atomic mass is 16.2. The van der Waals surface area contributed by atoms with Crippen molar-refractivity contribution in [2.24, 2.45) is 0 Å². The lowest BCUT2D eigenvalue weighted by molar-refractivity contribution is -0.136. The molecule has 0 radical (unpaired) electrons. The van der Waals surface area contributed by atoms with Gasteiger partial charge in [-0.2, -0.15) is 0 Å². The summed E-state index contributed by atoms with van der Waals surface area (Å²) in [7, 11) is 2.06. The normalized spacial score (nSPS) is 26.5. The number of carbonyl (C=O) groups excluding carboxylic acids is 1. The zero-order valence-electron chi connectivity index (χ0n) is 9.54. The second kappa shape index (κ2) is 4.94. The number of hydrogen-bond acceptors (Lipinski definition) is 3.